The fourth-order valence-corrected chi connectivity index (χ4v) is 3.65. The molecule has 2 N–H and O–H groups in total. The van der Waals surface area contributed by atoms with Crippen LogP contribution >= 0.6 is 0 Å². The smallest absolute Gasteiger partial charge is 0.254 e. The van der Waals surface area contributed by atoms with Crippen LogP contribution in [0.2, 0.25) is 0 Å². The van der Waals surface area contributed by atoms with Gasteiger partial charge in [-0.1, -0.05) is 36.4 Å². The lowest BCUT2D eigenvalue weighted by Gasteiger charge is -2.27. The van der Waals surface area contributed by atoms with E-state index in [2.05, 4.69) is 30.3 Å². The molecular weight excluding hydrogens is 366 g/mol. The Balaban J connectivity index is 1.41. The van der Waals surface area contributed by atoms with Crippen molar-refractivity contribution in [3.05, 3.63) is 82.0 Å². The molecule has 8 nitrogen and oxygen atoms in total. The normalized spacial score (nSPS) is 13.9. The molecule has 29 heavy (non-hydrogen) atoms. The highest BCUT2D eigenvalue weighted by Crippen LogP contribution is 2.23. The van der Waals surface area contributed by atoms with Gasteiger partial charge in [0, 0.05) is 37.0 Å². The molecule has 5 rings (SSSR count). The molecule has 0 bridgehead atoms. The zero-order valence-corrected chi connectivity index (χ0v) is 15.7. The van der Waals surface area contributed by atoms with Crippen molar-refractivity contribution in [1.29, 1.82) is 0 Å². The molecule has 0 saturated carbocycles. The van der Waals surface area contributed by atoms with Gasteiger partial charge in [0.2, 0.25) is 0 Å². The number of aromatic amines is 2. The molecule has 0 radical (unpaired) electrons. The first kappa shape index (κ1) is 17.4. The van der Waals surface area contributed by atoms with Gasteiger partial charge in [0.25, 0.3) is 5.56 Å². The van der Waals surface area contributed by atoms with Crippen LogP contribution in [0.25, 0.3) is 22.8 Å². The molecule has 144 valence electrons. The summed E-state index contributed by atoms with van der Waals surface area (Å²) in [5.41, 5.74) is 4.89. The molecule has 1 aliphatic rings. The Morgan fingerprint density at radius 2 is 1.90 bits per heavy atom. The summed E-state index contributed by atoms with van der Waals surface area (Å²) < 4.78 is 0. The maximum atomic E-state index is 12.6. The Kier molecular flexibility index (Phi) is 4.45. The largest absolute Gasteiger partial charge is 0.305 e. The Morgan fingerprint density at radius 3 is 2.72 bits per heavy atom. The molecule has 3 aromatic heterocycles. The van der Waals surface area contributed by atoms with E-state index in [0.717, 1.165) is 34.8 Å². The second kappa shape index (κ2) is 7.40. The molecular formula is C21H19N7O. The summed E-state index contributed by atoms with van der Waals surface area (Å²) in [7, 11) is 0. The molecule has 0 amide bonds. The molecule has 4 aromatic rings. The fourth-order valence-electron chi connectivity index (χ4n) is 3.65. The van der Waals surface area contributed by atoms with Gasteiger partial charge in [-0.2, -0.15) is 15.4 Å². The van der Waals surface area contributed by atoms with Crippen LogP contribution in [0.15, 0.2) is 59.5 Å². The lowest BCUT2D eigenvalue weighted by atomic mass is 10.1. The van der Waals surface area contributed by atoms with E-state index in [1.165, 1.54) is 0 Å². The summed E-state index contributed by atoms with van der Waals surface area (Å²) in [6.45, 7) is 1.98. The van der Waals surface area contributed by atoms with E-state index >= 15 is 0 Å². The second-order valence-electron chi connectivity index (χ2n) is 7.00. The summed E-state index contributed by atoms with van der Waals surface area (Å²) >= 11 is 0. The fraction of sp³-hybridized carbons (Fsp3) is 0.190. The number of fused-ring (bicyclic) bond motifs is 1. The number of nitrogens with one attached hydrogen (secondary N) is 2. The SMILES string of the molecule is O=c1[nH]c(-c2ccccn2)nc2c1CCN(Cc1n[nH]nc1-c1ccccc1)C2. The van der Waals surface area contributed by atoms with Gasteiger partial charge < -0.3 is 4.98 Å². The molecule has 8 heteroatoms. The maximum Gasteiger partial charge on any atom is 0.254 e. The first-order valence-electron chi connectivity index (χ1n) is 9.49. The average molecular weight is 385 g/mol. The lowest BCUT2D eigenvalue weighted by molar-refractivity contribution is 0.238. The number of H-pyrrole nitrogens is 2. The Hall–Kier alpha value is -3.65. The van der Waals surface area contributed by atoms with E-state index in [4.69, 9.17) is 4.98 Å². The first-order chi connectivity index (χ1) is 14.3. The van der Waals surface area contributed by atoms with E-state index in [9.17, 15) is 4.79 Å². The third-order valence-electron chi connectivity index (χ3n) is 5.10. The minimum atomic E-state index is -0.0817. The van der Waals surface area contributed by atoms with Gasteiger partial charge in [-0.25, -0.2) is 4.98 Å². The molecule has 1 aromatic carbocycles. The second-order valence-corrected chi connectivity index (χ2v) is 7.00. The van der Waals surface area contributed by atoms with Gasteiger partial charge in [0.1, 0.15) is 17.1 Å². The molecule has 0 atom stereocenters. The Bertz CT molecular complexity index is 1180. The van der Waals surface area contributed by atoms with E-state index < -0.39 is 0 Å². The molecule has 0 aliphatic carbocycles. The van der Waals surface area contributed by atoms with Crippen LogP contribution in [0.3, 0.4) is 0 Å². The molecule has 1 aliphatic heterocycles. The van der Waals surface area contributed by atoms with E-state index in [0.29, 0.717) is 31.0 Å². The average Bonchev–Trinajstić information content (AvgIpc) is 3.23. The van der Waals surface area contributed by atoms with E-state index in [-0.39, 0.29) is 5.56 Å². The van der Waals surface area contributed by atoms with Crippen molar-refractivity contribution in [1.82, 2.24) is 35.3 Å². The summed E-state index contributed by atoms with van der Waals surface area (Å²) in [6.07, 6.45) is 2.34. The number of pyridine rings is 1. The summed E-state index contributed by atoms with van der Waals surface area (Å²) in [5.74, 6) is 0.502. The lowest BCUT2D eigenvalue weighted by Crippen LogP contribution is -2.35. The van der Waals surface area contributed by atoms with Crippen LogP contribution in [0.1, 0.15) is 17.0 Å². The number of benzene rings is 1. The van der Waals surface area contributed by atoms with Crippen LogP contribution in [0, 0.1) is 0 Å². The van der Waals surface area contributed by atoms with Crippen molar-refractivity contribution in [3.8, 4) is 22.8 Å². The molecule has 0 unspecified atom stereocenters. The Labute approximate surface area is 166 Å². The third-order valence-corrected chi connectivity index (χ3v) is 5.10. The van der Waals surface area contributed by atoms with Crippen molar-refractivity contribution in [2.24, 2.45) is 0 Å². The van der Waals surface area contributed by atoms with Gasteiger partial charge in [0.15, 0.2) is 5.82 Å². The number of hydrogen-bond acceptors (Lipinski definition) is 6. The van der Waals surface area contributed by atoms with Crippen molar-refractivity contribution in [2.45, 2.75) is 19.5 Å². The van der Waals surface area contributed by atoms with Crippen LogP contribution in [-0.2, 0) is 19.5 Å². The number of aromatic nitrogens is 6. The summed E-state index contributed by atoms with van der Waals surface area (Å²) in [6, 6.07) is 15.6. The van der Waals surface area contributed by atoms with Gasteiger partial charge >= 0.3 is 0 Å². The summed E-state index contributed by atoms with van der Waals surface area (Å²) in [5, 5.41) is 11.4. The maximum absolute atomic E-state index is 12.6. The van der Waals surface area contributed by atoms with Crippen molar-refractivity contribution in [2.75, 3.05) is 6.54 Å². The van der Waals surface area contributed by atoms with Crippen molar-refractivity contribution in [3.63, 3.8) is 0 Å². The standard InChI is InChI=1S/C21H19N7O/c29-21-15-9-11-28(12-17(15)23-20(24-21)16-8-4-5-10-22-16)13-18-19(26-27-25-18)14-6-2-1-3-7-14/h1-8,10H,9,11-13H2,(H,23,24,29)(H,25,26,27). The highest BCUT2D eigenvalue weighted by atomic mass is 16.1. The van der Waals surface area contributed by atoms with Gasteiger partial charge in [-0.05, 0) is 18.6 Å². The topological polar surface area (TPSA) is 103 Å². The van der Waals surface area contributed by atoms with Gasteiger partial charge in [-0.3, -0.25) is 14.7 Å². The minimum Gasteiger partial charge on any atom is -0.305 e. The predicted octanol–water partition coefficient (Wildman–Crippen LogP) is 2.18. The van der Waals surface area contributed by atoms with Crippen molar-refractivity contribution < 1.29 is 0 Å². The predicted molar refractivity (Wildman–Crippen MR) is 108 cm³/mol. The van der Waals surface area contributed by atoms with Crippen LogP contribution in [0.4, 0.5) is 0 Å². The van der Waals surface area contributed by atoms with Crippen LogP contribution < -0.4 is 5.56 Å². The van der Waals surface area contributed by atoms with Crippen LogP contribution in [0.5, 0.6) is 0 Å². The van der Waals surface area contributed by atoms with E-state index in [1.807, 2.05) is 48.5 Å². The number of hydrogen-bond donors (Lipinski definition) is 2. The van der Waals surface area contributed by atoms with E-state index in [1.54, 1.807) is 6.20 Å². The highest BCUT2D eigenvalue weighted by Gasteiger charge is 2.23. The van der Waals surface area contributed by atoms with Gasteiger partial charge in [0.05, 0.1) is 5.69 Å². The monoisotopic (exact) mass is 385 g/mol. The first-order valence-corrected chi connectivity index (χ1v) is 9.49. The quantitative estimate of drug-likeness (QED) is 0.558. The molecule has 0 fully saturated rings. The van der Waals surface area contributed by atoms with Crippen LogP contribution in [-0.4, -0.2) is 41.8 Å². The molecule has 0 spiro atoms. The number of rotatable bonds is 4. The minimum absolute atomic E-state index is 0.0817. The molecule has 4 heterocycles. The van der Waals surface area contributed by atoms with Gasteiger partial charge in [-0.15, -0.1) is 0 Å². The van der Waals surface area contributed by atoms with Crippen molar-refractivity contribution >= 4 is 0 Å². The summed E-state index contributed by atoms with van der Waals surface area (Å²) in [4.78, 5) is 26.7. The zero-order valence-electron chi connectivity index (χ0n) is 15.7. The highest BCUT2D eigenvalue weighted by molar-refractivity contribution is 5.60. The molecule has 0 saturated heterocycles. The zero-order chi connectivity index (χ0) is 19.6. The third kappa shape index (κ3) is 3.45. The number of nitrogens with zero attached hydrogens (tertiary/aromatic N) is 5. The Morgan fingerprint density at radius 1 is 1.03 bits per heavy atom.